The normalized spacial score (nSPS) is 13.3. The van der Waals surface area contributed by atoms with Gasteiger partial charge in [-0.1, -0.05) is 11.8 Å². The van der Waals surface area contributed by atoms with Crippen molar-refractivity contribution in [3.8, 4) is 11.5 Å². The first-order chi connectivity index (χ1) is 7.24. The molecule has 3 nitrogen and oxygen atoms in total. The van der Waals surface area contributed by atoms with Crippen molar-refractivity contribution < 1.29 is 38.0 Å². The maximum atomic E-state index is 5.26. The van der Waals surface area contributed by atoms with E-state index in [0.29, 0.717) is 0 Å². The van der Waals surface area contributed by atoms with Crippen LogP contribution in [0.1, 0.15) is 5.56 Å². The van der Waals surface area contributed by atoms with Gasteiger partial charge in [-0.15, -0.1) is 0 Å². The number of hydrogen-bond donors (Lipinski definition) is 0. The molecule has 16 heavy (non-hydrogen) atoms. The van der Waals surface area contributed by atoms with Crippen LogP contribution in [-0.4, -0.2) is 37.9 Å². The van der Waals surface area contributed by atoms with Gasteiger partial charge < -0.3 is 33.5 Å². The standard InChI is InChI=1S/C11H14NO2S.HI/c1-12-6-8-4-9(13-2)10(14-3)5-11(8)15-7-12;/h4-6H,7H2,1-3H3;1H/q+1;/p-1. The van der Waals surface area contributed by atoms with E-state index in [2.05, 4.69) is 17.8 Å². The first-order valence-electron chi connectivity index (χ1n) is 4.68. The molecule has 0 spiro atoms. The summed E-state index contributed by atoms with van der Waals surface area (Å²) < 4.78 is 12.7. The van der Waals surface area contributed by atoms with Gasteiger partial charge in [-0.25, -0.2) is 4.58 Å². The van der Waals surface area contributed by atoms with Crippen LogP contribution in [0.4, 0.5) is 0 Å². The summed E-state index contributed by atoms with van der Waals surface area (Å²) in [6.07, 6.45) is 2.12. The SMILES string of the molecule is COc1cc2c(cc1OC)SC[N+](C)=C2.[I-]. The second kappa shape index (κ2) is 5.77. The van der Waals surface area contributed by atoms with Gasteiger partial charge >= 0.3 is 0 Å². The molecule has 0 amide bonds. The van der Waals surface area contributed by atoms with Crippen LogP contribution in [0.5, 0.6) is 11.5 Å². The minimum Gasteiger partial charge on any atom is -1.00 e. The highest BCUT2D eigenvalue weighted by atomic mass is 127. The van der Waals surface area contributed by atoms with E-state index in [1.54, 1.807) is 26.0 Å². The fourth-order valence-corrected chi connectivity index (χ4v) is 2.43. The molecule has 0 saturated carbocycles. The van der Waals surface area contributed by atoms with Crippen LogP contribution in [0.3, 0.4) is 0 Å². The zero-order chi connectivity index (χ0) is 10.8. The summed E-state index contributed by atoms with van der Waals surface area (Å²) >= 11 is 1.80. The molecule has 1 aliphatic heterocycles. The fourth-order valence-electron chi connectivity index (χ4n) is 1.55. The van der Waals surface area contributed by atoms with Gasteiger partial charge in [0.1, 0.15) is 7.05 Å². The van der Waals surface area contributed by atoms with Crippen LogP contribution in [0.2, 0.25) is 0 Å². The summed E-state index contributed by atoms with van der Waals surface area (Å²) in [6, 6.07) is 4.04. The Morgan fingerprint density at radius 3 is 2.44 bits per heavy atom. The third-order valence-electron chi connectivity index (χ3n) is 2.30. The third kappa shape index (κ3) is 2.63. The average Bonchev–Trinajstić information content (AvgIpc) is 2.27. The molecule has 88 valence electrons. The van der Waals surface area contributed by atoms with Crippen LogP contribution >= 0.6 is 11.8 Å². The highest BCUT2D eigenvalue weighted by Crippen LogP contribution is 2.35. The largest absolute Gasteiger partial charge is 1.00 e. The fraction of sp³-hybridized carbons (Fsp3) is 0.364. The van der Waals surface area contributed by atoms with Gasteiger partial charge in [0.05, 0.1) is 19.8 Å². The number of fused-ring (bicyclic) bond motifs is 1. The van der Waals surface area contributed by atoms with E-state index in [1.807, 2.05) is 12.1 Å². The highest BCUT2D eigenvalue weighted by Gasteiger charge is 2.17. The molecule has 2 rings (SSSR count). The molecule has 1 heterocycles. The van der Waals surface area contributed by atoms with Gasteiger partial charge in [0.15, 0.2) is 23.6 Å². The molecule has 0 fully saturated rings. The molecule has 0 radical (unpaired) electrons. The molecule has 1 aromatic rings. The van der Waals surface area contributed by atoms with E-state index in [9.17, 15) is 0 Å². The maximum Gasteiger partial charge on any atom is 0.193 e. The van der Waals surface area contributed by atoms with Crippen LogP contribution in [-0.2, 0) is 0 Å². The van der Waals surface area contributed by atoms with Crippen LogP contribution < -0.4 is 33.5 Å². The minimum atomic E-state index is 0. The molecule has 0 unspecified atom stereocenters. The van der Waals surface area contributed by atoms with Crippen molar-refractivity contribution >= 4 is 18.0 Å². The number of thioether (sulfide) groups is 1. The van der Waals surface area contributed by atoms with Gasteiger partial charge in [-0.2, -0.15) is 0 Å². The Morgan fingerprint density at radius 1 is 1.19 bits per heavy atom. The number of benzene rings is 1. The lowest BCUT2D eigenvalue weighted by molar-refractivity contribution is -0.470. The summed E-state index contributed by atoms with van der Waals surface area (Å²) in [5, 5.41) is 0. The summed E-state index contributed by atoms with van der Waals surface area (Å²) in [7, 11) is 5.38. The second-order valence-electron chi connectivity index (χ2n) is 3.40. The van der Waals surface area contributed by atoms with Gasteiger partial charge in [-0.05, 0) is 12.1 Å². The Balaban J connectivity index is 0.00000128. The first-order valence-corrected chi connectivity index (χ1v) is 5.67. The third-order valence-corrected chi connectivity index (χ3v) is 3.50. The molecule has 0 aliphatic carbocycles. The molecule has 1 aromatic carbocycles. The number of halogens is 1. The molecule has 0 N–H and O–H groups in total. The summed E-state index contributed by atoms with van der Waals surface area (Å²) in [4.78, 5) is 1.24. The van der Waals surface area contributed by atoms with E-state index in [-0.39, 0.29) is 24.0 Å². The molecular weight excluding hydrogens is 337 g/mol. The molecule has 0 aromatic heterocycles. The topological polar surface area (TPSA) is 21.5 Å². The first kappa shape index (κ1) is 13.6. The van der Waals surface area contributed by atoms with Crippen LogP contribution in [0, 0.1) is 0 Å². The summed E-state index contributed by atoms with van der Waals surface area (Å²) in [5.74, 6) is 2.55. The van der Waals surface area contributed by atoms with Crippen LogP contribution in [0.25, 0.3) is 0 Å². The van der Waals surface area contributed by atoms with Gasteiger partial charge in [0.25, 0.3) is 0 Å². The lowest BCUT2D eigenvalue weighted by Gasteiger charge is -2.13. The Labute approximate surface area is 117 Å². The summed E-state index contributed by atoms with van der Waals surface area (Å²) in [5.41, 5.74) is 1.19. The van der Waals surface area contributed by atoms with E-state index in [1.165, 1.54) is 10.5 Å². The molecule has 1 aliphatic rings. The van der Waals surface area contributed by atoms with E-state index in [0.717, 1.165) is 17.4 Å². The highest BCUT2D eigenvalue weighted by molar-refractivity contribution is 7.99. The molecule has 5 heteroatoms. The number of hydrogen-bond acceptors (Lipinski definition) is 3. The molecular formula is C11H14INO2S. The Hall–Kier alpha value is -0.430. The number of rotatable bonds is 2. The number of nitrogens with zero attached hydrogens (tertiary/aromatic N) is 1. The van der Waals surface area contributed by atoms with Gasteiger partial charge in [-0.3, -0.25) is 0 Å². The van der Waals surface area contributed by atoms with Crippen LogP contribution in [0.15, 0.2) is 17.0 Å². The summed E-state index contributed by atoms with van der Waals surface area (Å²) in [6.45, 7) is 0. The van der Waals surface area contributed by atoms with E-state index >= 15 is 0 Å². The number of methoxy groups -OCH3 is 2. The van der Waals surface area contributed by atoms with Gasteiger partial charge in [0, 0.05) is 4.90 Å². The van der Waals surface area contributed by atoms with Crippen molar-refractivity contribution in [2.24, 2.45) is 0 Å². The van der Waals surface area contributed by atoms with Crippen molar-refractivity contribution in [2.75, 3.05) is 27.1 Å². The Bertz CT molecular complexity index is 421. The predicted molar refractivity (Wildman–Crippen MR) is 61.6 cm³/mol. The Kier molecular flexibility index (Phi) is 4.91. The second-order valence-corrected chi connectivity index (χ2v) is 4.39. The van der Waals surface area contributed by atoms with Crippen molar-refractivity contribution in [3.05, 3.63) is 17.7 Å². The van der Waals surface area contributed by atoms with Crippen molar-refractivity contribution in [1.29, 1.82) is 0 Å². The minimum absolute atomic E-state index is 0. The smallest absolute Gasteiger partial charge is 0.193 e. The predicted octanol–water partition coefficient (Wildman–Crippen LogP) is -1.17. The van der Waals surface area contributed by atoms with Crippen molar-refractivity contribution in [2.45, 2.75) is 4.90 Å². The quantitative estimate of drug-likeness (QED) is 0.495. The Morgan fingerprint density at radius 2 is 1.81 bits per heavy atom. The zero-order valence-electron chi connectivity index (χ0n) is 9.49. The lowest BCUT2D eigenvalue weighted by Crippen LogP contribution is -3.00. The lowest BCUT2D eigenvalue weighted by atomic mass is 10.2. The molecule has 0 atom stereocenters. The van der Waals surface area contributed by atoms with E-state index in [4.69, 9.17) is 9.47 Å². The maximum absolute atomic E-state index is 5.26. The monoisotopic (exact) mass is 351 g/mol. The average molecular weight is 351 g/mol. The van der Waals surface area contributed by atoms with E-state index < -0.39 is 0 Å². The molecule has 0 saturated heterocycles. The number of ether oxygens (including phenoxy) is 2. The van der Waals surface area contributed by atoms with Gasteiger partial charge in [0.2, 0.25) is 0 Å². The van der Waals surface area contributed by atoms with Crippen molar-refractivity contribution in [3.63, 3.8) is 0 Å². The zero-order valence-corrected chi connectivity index (χ0v) is 12.5. The molecule has 0 bridgehead atoms. The van der Waals surface area contributed by atoms with Crippen molar-refractivity contribution in [1.82, 2.24) is 0 Å².